The predicted octanol–water partition coefficient (Wildman–Crippen LogP) is 19.0. The Morgan fingerprint density at radius 2 is 0.576 bits per heavy atom. The molecule has 0 aliphatic heterocycles. The number of hydrogen-bond donors (Lipinski definition) is 0. The highest BCUT2D eigenvalue weighted by Gasteiger charge is 2.28. The summed E-state index contributed by atoms with van der Waals surface area (Å²) in [6.07, 6.45) is 8.79. The first-order valence-electron chi connectivity index (χ1n) is 30.5. The maximum absolute atomic E-state index is 6.02. The molecule has 6 heterocycles. The van der Waals surface area contributed by atoms with Crippen molar-refractivity contribution in [3.05, 3.63) is 196 Å². The quantitative estimate of drug-likeness (QED) is 0.0824. The van der Waals surface area contributed by atoms with Crippen LogP contribution in [0.25, 0.3) is 84.5 Å². The monoisotopic (exact) mass is 1130 g/mol. The molecule has 0 aliphatic carbocycles. The summed E-state index contributed by atoms with van der Waals surface area (Å²) in [5.74, 6) is 5.97. The number of oxazole rings is 3. The summed E-state index contributed by atoms with van der Waals surface area (Å²) >= 11 is 0. The van der Waals surface area contributed by atoms with Gasteiger partial charge in [-0.25, -0.2) is 29.9 Å². The largest absolute Gasteiger partial charge is 0.441 e. The molecule has 434 valence electrons. The second-order valence-corrected chi connectivity index (χ2v) is 25.3. The summed E-state index contributed by atoms with van der Waals surface area (Å²) in [7, 11) is 0. The lowest BCUT2D eigenvalue weighted by Crippen LogP contribution is -2.13. The van der Waals surface area contributed by atoms with Gasteiger partial charge in [0.1, 0.15) is 34.0 Å². The van der Waals surface area contributed by atoms with Gasteiger partial charge in [-0.3, -0.25) is 13.7 Å². The van der Waals surface area contributed by atoms with E-state index in [2.05, 4.69) is 206 Å². The number of aromatic nitrogens is 9. The van der Waals surface area contributed by atoms with Crippen LogP contribution >= 0.6 is 0 Å². The van der Waals surface area contributed by atoms with Gasteiger partial charge in [-0.2, -0.15) is 0 Å². The fraction of sp³-hybridized carbons (Fsp3) is 0.342. The first-order chi connectivity index (χ1) is 40.8. The topological polar surface area (TPSA) is 132 Å². The molecule has 12 aromatic rings. The van der Waals surface area contributed by atoms with Gasteiger partial charge in [0, 0.05) is 56.1 Å². The van der Waals surface area contributed by atoms with Crippen molar-refractivity contribution < 1.29 is 13.3 Å². The first-order valence-corrected chi connectivity index (χ1v) is 30.5. The fourth-order valence-electron chi connectivity index (χ4n) is 12.7. The Kier molecular flexibility index (Phi) is 15.2. The minimum atomic E-state index is -0.0367. The summed E-state index contributed by atoms with van der Waals surface area (Å²) in [5.41, 5.74) is 21.6. The Morgan fingerprint density at radius 1 is 0.329 bits per heavy atom. The lowest BCUT2D eigenvalue weighted by Gasteiger charge is -2.22. The van der Waals surface area contributed by atoms with Crippen molar-refractivity contribution in [1.82, 2.24) is 43.6 Å². The van der Waals surface area contributed by atoms with E-state index in [1.807, 2.05) is 39.0 Å². The molecule has 0 saturated heterocycles. The molecular weight excluding hydrogens is 1050 g/mol. The van der Waals surface area contributed by atoms with Gasteiger partial charge < -0.3 is 13.3 Å². The highest BCUT2D eigenvalue weighted by Crippen LogP contribution is 2.41. The van der Waals surface area contributed by atoms with E-state index < -0.39 is 0 Å². The van der Waals surface area contributed by atoms with Gasteiger partial charge in [-0.15, -0.1) is 0 Å². The van der Waals surface area contributed by atoms with Crippen LogP contribution in [0, 0.1) is 26.7 Å². The second-order valence-electron chi connectivity index (χ2n) is 25.3. The molecule has 0 unspecified atom stereocenters. The van der Waals surface area contributed by atoms with Crippen molar-refractivity contribution in [2.24, 2.45) is 5.92 Å². The average Bonchev–Trinajstić information content (AvgIpc) is 2.08. The van der Waals surface area contributed by atoms with Crippen molar-refractivity contribution in [3.63, 3.8) is 0 Å². The zero-order valence-corrected chi connectivity index (χ0v) is 52.0. The number of imidazole rings is 3. The lowest BCUT2D eigenvalue weighted by molar-refractivity contribution is 0.503. The average molecular weight is 1130 g/mol. The van der Waals surface area contributed by atoms with Gasteiger partial charge in [0.25, 0.3) is 0 Å². The molecule has 0 bridgehead atoms. The van der Waals surface area contributed by atoms with Crippen molar-refractivity contribution in [2.75, 3.05) is 0 Å². The summed E-state index contributed by atoms with van der Waals surface area (Å²) in [4.78, 5) is 31.6. The normalized spacial score (nSPS) is 12.4. The van der Waals surface area contributed by atoms with E-state index in [4.69, 9.17) is 43.2 Å². The Labute approximate surface area is 499 Å². The molecule has 0 fully saturated rings. The third-order valence-electron chi connectivity index (χ3n) is 16.8. The Balaban J connectivity index is 1.07. The summed E-state index contributed by atoms with van der Waals surface area (Å²) in [6.45, 7) is 33.1. The Hall–Kier alpha value is -8.64. The van der Waals surface area contributed by atoms with Crippen LogP contribution in [-0.4, -0.2) is 43.6 Å². The highest BCUT2D eigenvalue weighted by atomic mass is 16.4. The van der Waals surface area contributed by atoms with Crippen molar-refractivity contribution in [2.45, 2.75) is 159 Å². The summed E-state index contributed by atoms with van der Waals surface area (Å²) in [6, 6.07) is 39.1. The van der Waals surface area contributed by atoms with E-state index in [1.54, 1.807) is 0 Å². The van der Waals surface area contributed by atoms with Gasteiger partial charge in [0.2, 0.25) is 0 Å². The second kappa shape index (κ2) is 22.7. The third kappa shape index (κ3) is 11.0. The number of benzene rings is 6. The van der Waals surface area contributed by atoms with Crippen LogP contribution in [0.3, 0.4) is 0 Å². The molecule has 85 heavy (non-hydrogen) atoms. The molecule has 12 heteroatoms. The highest BCUT2D eigenvalue weighted by molar-refractivity contribution is 5.82. The van der Waals surface area contributed by atoms with Gasteiger partial charge in [0.05, 0.1) is 34.1 Å². The summed E-state index contributed by atoms with van der Waals surface area (Å²) in [5, 5.41) is 0. The van der Waals surface area contributed by atoms with E-state index in [0.29, 0.717) is 36.9 Å². The zero-order chi connectivity index (χ0) is 59.7. The van der Waals surface area contributed by atoms with Gasteiger partial charge >= 0.3 is 0 Å². The van der Waals surface area contributed by atoms with Crippen LogP contribution in [0.4, 0.5) is 0 Å². The number of nitrogens with zero attached hydrogens (tertiary/aromatic N) is 9. The molecule has 12 rings (SSSR count). The molecule has 0 spiro atoms. The fourth-order valence-corrected chi connectivity index (χ4v) is 12.7. The van der Waals surface area contributed by atoms with Gasteiger partial charge in [0.15, 0.2) is 34.4 Å². The predicted molar refractivity (Wildman–Crippen MR) is 343 cm³/mol. The molecule has 0 amide bonds. The number of hydrogen-bond acceptors (Lipinski definition) is 9. The zero-order valence-electron chi connectivity index (χ0n) is 52.0. The van der Waals surface area contributed by atoms with Crippen LogP contribution in [-0.2, 0) is 19.3 Å². The summed E-state index contributed by atoms with van der Waals surface area (Å²) < 4.78 is 25.2. The first kappa shape index (κ1) is 56.8. The van der Waals surface area contributed by atoms with E-state index in [-0.39, 0.29) is 41.4 Å². The minimum Gasteiger partial charge on any atom is -0.441 e. The molecule has 6 aromatic carbocycles. The molecule has 0 saturated carbocycles. The Morgan fingerprint density at radius 3 is 0.812 bits per heavy atom. The van der Waals surface area contributed by atoms with Crippen LogP contribution in [0.1, 0.15) is 187 Å². The van der Waals surface area contributed by atoms with E-state index in [9.17, 15) is 0 Å². The van der Waals surface area contributed by atoms with Gasteiger partial charge in [-0.1, -0.05) is 138 Å². The maximum atomic E-state index is 6.02. The third-order valence-corrected chi connectivity index (χ3v) is 16.8. The van der Waals surface area contributed by atoms with E-state index >= 15 is 0 Å². The van der Waals surface area contributed by atoms with Crippen LogP contribution in [0.15, 0.2) is 141 Å². The maximum Gasteiger partial charge on any atom is 0.192 e. The molecule has 0 aliphatic rings. The number of aryl methyl sites for hydroxylation is 3. The number of fused-ring (bicyclic) bond motifs is 3. The van der Waals surface area contributed by atoms with Gasteiger partial charge in [-0.05, 0) is 149 Å². The van der Waals surface area contributed by atoms with Crippen LogP contribution in [0.2, 0.25) is 0 Å². The van der Waals surface area contributed by atoms with Crippen LogP contribution in [0.5, 0.6) is 0 Å². The van der Waals surface area contributed by atoms with Crippen molar-refractivity contribution in [1.29, 1.82) is 0 Å². The molecule has 0 radical (unpaired) electrons. The minimum absolute atomic E-state index is 0.0367. The standard InChI is InChI=1S/C73H79N9O3/c1-40(2)56-19-16-20-57(41(3)4)68(56)80-37-53(77-71(80)50-25-28-65-62(34-50)74-46(13)83-65)31-49(32-54-38-81(69-58(42(5)6)21-17-22-59(69)43(7)8)72(78-54)51-26-29-66-63(35-51)75-47(14)84-66)33-55-39-82(70-60(44(9)10)23-18-24-61(70)45(11)12)73(79-55)52-27-30-67-64(36-52)76-48(15)85-67/h16-30,34-45,49H,31-33H2,1-15H3. The van der Waals surface area contributed by atoms with Crippen molar-refractivity contribution in [3.8, 4) is 51.2 Å². The molecule has 0 N–H and O–H groups in total. The van der Waals surface area contributed by atoms with E-state index in [1.165, 1.54) is 50.4 Å². The number of para-hydroxylation sites is 3. The van der Waals surface area contributed by atoms with E-state index in [0.717, 1.165) is 84.5 Å². The molecule has 6 aromatic heterocycles. The molecule has 12 nitrogen and oxygen atoms in total. The number of rotatable bonds is 18. The SMILES string of the molecule is Cc1nc2cc(-c3nc(CC(Cc4cn(-c5c(C(C)C)cccc5C(C)C)c(-c5ccc6oc(C)nc6c5)n4)Cc4cn(-c5c(C(C)C)cccc5C(C)C)c(-c5ccc6oc(C)nc6c5)n4)cn3-c3c(C(C)C)cccc3C(C)C)ccc2o1. The smallest absolute Gasteiger partial charge is 0.192 e. The lowest BCUT2D eigenvalue weighted by atomic mass is 9.91. The van der Waals surface area contributed by atoms with Crippen molar-refractivity contribution >= 4 is 33.3 Å². The molecular formula is C73H79N9O3. The Bertz CT molecular complexity index is 3910. The van der Waals surface area contributed by atoms with Crippen LogP contribution < -0.4 is 0 Å². The molecule has 0 atom stereocenters.